The third-order valence-corrected chi connectivity index (χ3v) is 8.56. The molecule has 3 atom stereocenters. The van der Waals surface area contributed by atoms with E-state index in [9.17, 15) is 4.39 Å². The molecule has 0 saturated carbocycles. The average Bonchev–Trinajstić information content (AvgIpc) is 3.03. The number of benzene rings is 4. The van der Waals surface area contributed by atoms with Crippen molar-refractivity contribution in [1.82, 2.24) is 10.6 Å². The Morgan fingerprint density at radius 1 is 0.886 bits per heavy atom. The SMILES string of the molecule is C=C(NC(Cc1cccc(C#CCCc2ccc(C(P)NCc3ccccc3)cc2)c1)C(=C)C(C)C)c1ccc(F)c(Cl)c1. The zero-order valence-corrected chi connectivity index (χ0v) is 27.5. The monoisotopic (exact) mass is 622 g/mol. The van der Waals surface area contributed by atoms with Crippen LogP contribution in [0.2, 0.25) is 5.02 Å². The summed E-state index contributed by atoms with van der Waals surface area (Å²) >= 11 is 6.01. The molecule has 4 aromatic carbocycles. The van der Waals surface area contributed by atoms with Crippen molar-refractivity contribution in [3.8, 4) is 11.8 Å². The van der Waals surface area contributed by atoms with Crippen molar-refractivity contribution in [2.75, 3.05) is 0 Å². The van der Waals surface area contributed by atoms with Crippen molar-refractivity contribution >= 4 is 26.5 Å². The van der Waals surface area contributed by atoms with Crippen LogP contribution in [-0.2, 0) is 19.4 Å². The number of rotatable bonds is 13. The van der Waals surface area contributed by atoms with E-state index in [1.54, 1.807) is 12.1 Å². The molecule has 0 aliphatic rings. The summed E-state index contributed by atoms with van der Waals surface area (Å²) in [5.41, 5.74) is 8.45. The van der Waals surface area contributed by atoms with Gasteiger partial charge in [0.2, 0.25) is 0 Å². The lowest BCUT2D eigenvalue weighted by Gasteiger charge is -2.26. The molecule has 226 valence electrons. The summed E-state index contributed by atoms with van der Waals surface area (Å²) in [6.45, 7) is 13.6. The van der Waals surface area contributed by atoms with Gasteiger partial charge in [0.15, 0.2) is 0 Å². The Kier molecular flexibility index (Phi) is 12.4. The fourth-order valence-electron chi connectivity index (χ4n) is 4.87. The molecule has 3 unspecified atom stereocenters. The number of nitrogens with one attached hydrogen (secondary N) is 2. The highest BCUT2D eigenvalue weighted by atomic mass is 35.5. The Morgan fingerprint density at radius 3 is 2.32 bits per heavy atom. The minimum absolute atomic E-state index is 0.0489. The Balaban J connectivity index is 1.32. The molecule has 0 saturated heterocycles. The fourth-order valence-corrected chi connectivity index (χ4v) is 5.39. The van der Waals surface area contributed by atoms with Gasteiger partial charge in [-0.15, -0.1) is 9.24 Å². The molecular formula is C39H41ClFN2P. The van der Waals surface area contributed by atoms with Gasteiger partial charge < -0.3 is 10.6 Å². The van der Waals surface area contributed by atoms with Gasteiger partial charge >= 0.3 is 0 Å². The smallest absolute Gasteiger partial charge is 0.141 e. The Bertz CT molecular complexity index is 1620. The second kappa shape index (κ2) is 16.4. The third-order valence-electron chi connectivity index (χ3n) is 7.65. The first kappa shape index (κ1) is 33.2. The van der Waals surface area contributed by atoms with E-state index in [1.807, 2.05) is 18.2 Å². The van der Waals surface area contributed by atoms with Crippen LogP contribution in [0.5, 0.6) is 0 Å². The molecule has 0 aliphatic carbocycles. The normalized spacial score (nSPS) is 12.2. The second-order valence-electron chi connectivity index (χ2n) is 11.3. The van der Waals surface area contributed by atoms with Gasteiger partial charge in [0.25, 0.3) is 0 Å². The van der Waals surface area contributed by atoms with E-state index in [-0.39, 0.29) is 22.8 Å². The summed E-state index contributed by atoms with van der Waals surface area (Å²) in [6, 6.07) is 32.1. The maximum absolute atomic E-state index is 13.7. The molecule has 0 aliphatic heterocycles. The molecule has 0 amide bonds. The van der Waals surface area contributed by atoms with Crippen molar-refractivity contribution in [1.29, 1.82) is 0 Å². The summed E-state index contributed by atoms with van der Waals surface area (Å²) in [5.74, 6) is 6.73. The summed E-state index contributed by atoms with van der Waals surface area (Å²) < 4.78 is 13.7. The Labute approximate surface area is 270 Å². The van der Waals surface area contributed by atoms with Crippen LogP contribution in [0.4, 0.5) is 4.39 Å². The predicted octanol–water partition coefficient (Wildman–Crippen LogP) is 9.51. The molecule has 2 nitrogen and oxygen atoms in total. The predicted molar refractivity (Wildman–Crippen MR) is 189 cm³/mol. The Hall–Kier alpha value is -3.67. The van der Waals surface area contributed by atoms with Gasteiger partial charge in [-0.1, -0.05) is 123 Å². The number of halogens is 2. The first-order valence-corrected chi connectivity index (χ1v) is 16.0. The van der Waals surface area contributed by atoms with Crippen LogP contribution in [0, 0.1) is 23.6 Å². The lowest BCUT2D eigenvalue weighted by Crippen LogP contribution is -2.33. The summed E-state index contributed by atoms with van der Waals surface area (Å²) in [6.07, 6.45) is 2.42. The maximum Gasteiger partial charge on any atom is 0.141 e. The highest BCUT2D eigenvalue weighted by molar-refractivity contribution is 7.17. The lowest BCUT2D eigenvalue weighted by atomic mass is 9.91. The van der Waals surface area contributed by atoms with Crippen molar-refractivity contribution < 1.29 is 4.39 Å². The molecular weight excluding hydrogens is 582 g/mol. The first-order chi connectivity index (χ1) is 21.2. The molecule has 5 heteroatoms. The van der Waals surface area contributed by atoms with E-state index in [1.165, 1.54) is 22.8 Å². The van der Waals surface area contributed by atoms with Gasteiger partial charge in [-0.25, -0.2) is 4.39 Å². The van der Waals surface area contributed by atoms with E-state index in [4.69, 9.17) is 11.6 Å². The van der Waals surface area contributed by atoms with Crippen LogP contribution in [0.15, 0.2) is 116 Å². The van der Waals surface area contributed by atoms with Crippen LogP contribution in [-0.4, -0.2) is 6.04 Å². The summed E-state index contributed by atoms with van der Waals surface area (Å²) in [4.78, 5) is 0. The highest BCUT2D eigenvalue weighted by Gasteiger charge is 2.18. The van der Waals surface area contributed by atoms with Crippen molar-refractivity contribution in [3.05, 3.63) is 160 Å². The van der Waals surface area contributed by atoms with Gasteiger partial charge in [-0.3, -0.25) is 0 Å². The number of hydrogen-bond donors (Lipinski definition) is 2. The molecule has 44 heavy (non-hydrogen) atoms. The van der Waals surface area contributed by atoms with Gasteiger partial charge in [0.05, 0.1) is 11.1 Å². The Morgan fingerprint density at radius 2 is 1.61 bits per heavy atom. The standard InChI is InChI=1S/C39H41ClFN2P/c1-27(2)28(3)38(43-29(4)35-21-22-37(41)36(40)25-35)24-33-16-10-15-31(23-33)12-9-8-11-30-17-19-34(20-18-30)39(44)42-26-32-13-6-5-7-14-32/h5-7,10,13-23,25,27,38-39,42-43H,3-4,8,11,24,26,44H2,1-2H3. The van der Waals surface area contributed by atoms with Crippen molar-refractivity contribution in [2.45, 2.75) is 51.5 Å². The van der Waals surface area contributed by atoms with Gasteiger partial charge in [0.1, 0.15) is 5.82 Å². The van der Waals surface area contributed by atoms with E-state index < -0.39 is 5.82 Å². The molecule has 0 heterocycles. The van der Waals surface area contributed by atoms with Crippen LogP contribution in [0.25, 0.3) is 5.70 Å². The number of hydrogen-bond acceptors (Lipinski definition) is 2. The zero-order valence-electron chi connectivity index (χ0n) is 25.5. The van der Waals surface area contributed by atoms with E-state index in [0.717, 1.165) is 48.1 Å². The fraction of sp³-hybridized carbons (Fsp3) is 0.231. The quantitative estimate of drug-likeness (QED) is 0.0881. The largest absolute Gasteiger partial charge is 0.378 e. The molecule has 0 bridgehead atoms. The van der Waals surface area contributed by atoms with Crippen LogP contribution < -0.4 is 10.6 Å². The first-order valence-electron chi connectivity index (χ1n) is 15.0. The van der Waals surface area contributed by atoms with E-state index in [2.05, 4.69) is 119 Å². The topological polar surface area (TPSA) is 24.1 Å². The van der Waals surface area contributed by atoms with Gasteiger partial charge in [-0.05, 0) is 76.9 Å². The molecule has 0 fully saturated rings. The maximum atomic E-state index is 13.7. The minimum atomic E-state index is -0.446. The summed E-state index contributed by atoms with van der Waals surface area (Å²) in [7, 11) is 2.89. The summed E-state index contributed by atoms with van der Waals surface area (Å²) in [5, 5.41) is 7.15. The minimum Gasteiger partial charge on any atom is -0.378 e. The van der Waals surface area contributed by atoms with Crippen molar-refractivity contribution in [2.24, 2.45) is 5.92 Å². The van der Waals surface area contributed by atoms with E-state index in [0.29, 0.717) is 5.70 Å². The number of aryl methyl sites for hydroxylation is 1. The zero-order chi connectivity index (χ0) is 31.5. The lowest BCUT2D eigenvalue weighted by molar-refractivity contribution is 0.592. The van der Waals surface area contributed by atoms with Crippen LogP contribution in [0.3, 0.4) is 0 Å². The molecule has 2 N–H and O–H groups in total. The van der Waals surface area contributed by atoms with Crippen LogP contribution in [0.1, 0.15) is 59.4 Å². The highest BCUT2D eigenvalue weighted by Crippen LogP contribution is 2.24. The van der Waals surface area contributed by atoms with Gasteiger partial charge in [-0.2, -0.15) is 0 Å². The van der Waals surface area contributed by atoms with E-state index >= 15 is 0 Å². The molecule has 4 rings (SSSR count). The average molecular weight is 623 g/mol. The second-order valence-corrected chi connectivity index (χ2v) is 12.4. The van der Waals surface area contributed by atoms with Crippen LogP contribution >= 0.6 is 20.8 Å². The molecule has 0 radical (unpaired) electrons. The molecule has 0 spiro atoms. The molecule has 0 aromatic heterocycles. The third kappa shape index (κ3) is 9.93. The van der Waals surface area contributed by atoms with Gasteiger partial charge in [0, 0.05) is 30.0 Å². The molecule has 4 aromatic rings. The van der Waals surface area contributed by atoms with Crippen molar-refractivity contribution in [3.63, 3.8) is 0 Å².